The average molecular weight is 361 g/mol. The molecule has 3 rings (SSSR count). The molecule has 1 amide bonds. The number of hydrazone groups is 1. The summed E-state index contributed by atoms with van der Waals surface area (Å²) in [5.41, 5.74) is 9.98. The number of carbonyl (C=O) groups excluding carboxylic acids is 1. The van der Waals surface area contributed by atoms with Gasteiger partial charge in [0.2, 0.25) is 11.6 Å². The van der Waals surface area contributed by atoms with E-state index < -0.39 is 5.91 Å². The fourth-order valence-electron chi connectivity index (χ4n) is 2.02. The number of hydrogen-bond donors (Lipinski definition) is 2. The number of amides is 1. The maximum atomic E-state index is 12.3. The van der Waals surface area contributed by atoms with Gasteiger partial charge >= 0.3 is 0 Å². The second kappa shape index (κ2) is 6.69. The summed E-state index contributed by atoms with van der Waals surface area (Å²) in [7, 11) is 0. The average Bonchev–Trinajstić information content (AvgIpc) is 3.18. The first-order valence-corrected chi connectivity index (χ1v) is 7.46. The maximum Gasteiger partial charge on any atom is 0.293 e. The summed E-state index contributed by atoms with van der Waals surface area (Å²) in [5.74, 6) is -0.325. The molecule has 2 heterocycles. The summed E-state index contributed by atoms with van der Waals surface area (Å²) in [6.07, 6.45) is 0. The lowest BCUT2D eigenvalue weighted by molar-refractivity contribution is 0.0949. The van der Waals surface area contributed by atoms with Gasteiger partial charge in [0.1, 0.15) is 0 Å². The zero-order chi connectivity index (χ0) is 18.0. The number of carbonyl (C=O) groups is 1. The van der Waals surface area contributed by atoms with E-state index in [0.717, 1.165) is 5.56 Å². The fourth-order valence-corrected chi connectivity index (χ4v) is 2.15. The Bertz CT molecular complexity index is 944. The van der Waals surface area contributed by atoms with Crippen LogP contribution in [0.4, 0.5) is 5.82 Å². The van der Waals surface area contributed by atoms with Crippen LogP contribution >= 0.6 is 11.6 Å². The van der Waals surface area contributed by atoms with Crippen LogP contribution in [0.5, 0.6) is 0 Å². The van der Waals surface area contributed by atoms with E-state index in [0.29, 0.717) is 16.4 Å². The maximum absolute atomic E-state index is 12.3. The first-order chi connectivity index (χ1) is 12.0. The van der Waals surface area contributed by atoms with Crippen LogP contribution in [0.1, 0.15) is 28.7 Å². The molecule has 0 aliphatic heterocycles. The molecular formula is C14H13ClN8O2. The van der Waals surface area contributed by atoms with E-state index in [1.165, 1.54) is 4.68 Å². The molecule has 0 atom stereocenters. The van der Waals surface area contributed by atoms with Crippen molar-refractivity contribution in [2.75, 3.05) is 5.73 Å². The van der Waals surface area contributed by atoms with Crippen LogP contribution in [0.2, 0.25) is 5.02 Å². The van der Waals surface area contributed by atoms with Gasteiger partial charge in [-0.15, -0.1) is 5.10 Å². The van der Waals surface area contributed by atoms with Crippen LogP contribution in [0, 0.1) is 6.92 Å². The zero-order valence-corrected chi connectivity index (χ0v) is 14.0. The van der Waals surface area contributed by atoms with Gasteiger partial charge in [0.25, 0.3) is 5.91 Å². The first kappa shape index (κ1) is 16.6. The van der Waals surface area contributed by atoms with Crippen LogP contribution in [0.3, 0.4) is 0 Å². The standard InChI is InChI=1S/C14H13ClN8O2/c1-7(9-3-5-10(15)6-4-9)17-19-14(24)11-8(2)23(22-18-11)13-12(16)20-25-21-13/h3-6H,1-2H3,(H2,16,20)(H,19,24). The van der Waals surface area contributed by atoms with E-state index in [4.69, 9.17) is 17.3 Å². The third kappa shape index (κ3) is 3.33. The molecule has 0 saturated carbocycles. The molecule has 0 fully saturated rings. The van der Waals surface area contributed by atoms with E-state index in [2.05, 4.69) is 35.8 Å². The lowest BCUT2D eigenvalue weighted by atomic mass is 10.1. The van der Waals surface area contributed by atoms with Gasteiger partial charge in [-0.25, -0.2) is 10.1 Å². The molecule has 25 heavy (non-hydrogen) atoms. The number of anilines is 1. The van der Waals surface area contributed by atoms with Crippen molar-refractivity contribution in [3.8, 4) is 5.82 Å². The minimum Gasteiger partial charge on any atom is -0.378 e. The number of halogens is 1. The van der Waals surface area contributed by atoms with Crippen LogP contribution < -0.4 is 11.2 Å². The van der Waals surface area contributed by atoms with Crippen LogP contribution in [0.25, 0.3) is 5.82 Å². The Kier molecular flexibility index (Phi) is 4.44. The second-order valence-corrected chi connectivity index (χ2v) is 5.49. The van der Waals surface area contributed by atoms with Gasteiger partial charge < -0.3 is 5.73 Å². The van der Waals surface area contributed by atoms with Crippen molar-refractivity contribution in [1.29, 1.82) is 0 Å². The molecule has 0 aliphatic rings. The van der Waals surface area contributed by atoms with Crippen molar-refractivity contribution in [1.82, 2.24) is 30.7 Å². The predicted molar refractivity (Wildman–Crippen MR) is 89.5 cm³/mol. The number of hydrogen-bond acceptors (Lipinski definition) is 8. The highest BCUT2D eigenvalue weighted by Crippen LogP contribution is 2.14. The Morgan fingerprint density at radius 2 is 2.04 bits per heavy atom. The smallest absolute Gasteiger partial charge is 0.293 e. The molecule has 0 aliphatic carbocycles. The Morgan fingerprint density at radius 1 is 1.32 bits per heavy atom. The van der Waals surface area contributed by atoms with Gasteiger partial charge in [-0.3, -0.25) is 4.79 Å². The molecule has 0 spiro atoms. The van der Waals surface area contributed by atoms with Crippen molar-refractivity contribution in [3.63, 3.8) is 0 Å². The summed E-state index contributed by atoms with van der Waals surface area (Å²) >= 11 is 5.84. The highest BCUT2D eigenvalue weighted by Gasteiger charge is 2.20. The summed E-state index contributed by atoms with van der Waals surface area (Å²) in [5, 5.41) is 19.4. The molecule has 3 N–H and O–H groups in total. The van der Waals surface area contributed by atoms with Gasteiger partial charge in [-0.05, 0) is 41.9 Å². The van der Waals surface area contributed by atoms with Gasteiger partial charge in [-0.2, -0.15) is 9.78 Å². The van der Waals surface area contributed by atoms with Gasteiger partial charge in [0.05, 0.1) is 11.4 Å². The minimum atomic E-state index is -0.521. The van der Waals surface area contributed by atoms with Crippen molar-refractivity contribution >= 4 is 29.0 Å². The molecule has 2 aromatic heterocycles. The largest absolute Gasteiger partial charge is 0.378 e. The molecule has 128 valence electrons. The molecule has 0 unspecified atom stereocenters. The van der Waals surface area contributed by atoms with Gasteiger partial charge in [0, 0.05) is 5.02 Å². The van der Waals surface area contributed by atoms with E-state index in [1.54, 1.807) is 38.1 Å². The molecular weight excluding hydrogens is 348 g/mol. The van der Waals surface area contributed by atoms with Crippen LogP contribution in [-0.4, -0.2) is 36.9 Å². The third-order valence-electron chi connectivity index (χ3n) is 3.39. The topological polar surface area (TPSA) is 137 Å². The molecule has 3 aromatic rings. The molecule has 0 radical (unpaired) electrons. The molecule has 10 nitrogen and oxygen atoms in total. The monoisotopic (exact) mass is 360 g/mol. The van der Waals surface area contributed by atoms with Crippen molar-refractivity contribution in [2.45, 2.75) is 13.8 Å². The third-order valence-corrected chi connectivity index (χ3v) is 3.64. The first-order valence-electron chi connectivity index (χ1n) is 7.08. The van der Waals surface area contributed by atoms with Crippen molar-refractivity contribution in [2.24, 2.45) is 5.10 Å². The van der Waals surface area contributed by atoms with E-state index >= 15 is 0 Å². The lowest BCUT2D eigenvalue weighted by Gasteiger charge is -2.02. The molecule has 0 bridgehead atoms. The minimum absolute atomic E-state index is 0.0385. The summed E-state index contributed by atoms with van der Waals surface area (Å²) in [6.45, 7) is 3.40. The lowest BCUT2D eigenvalue weighted by Crippen LogP contribution is -2.21. The van der Waals surface area contributed by atoms with Gasteiger partial charge in [0.15, 0.2) is 5.69 Å². The Balaban J connectivity index is 1.78. The normalized spacial score (nSPS) is 11.6. The summed E-state index contributed by atoms with van der Waals surface area (Å²) < 4.78 is 5.78. The Morgan fingerprint density at radius 3 is 2.68 bits per heavy atom. The molecule has 0 saturated heterocycles. The van der Waals surface area contributed by atoms with Crippen molar-refractivity contribution < 1.29 is 9.42 Å². The second-order valence-electron chi connectivity index (χ2n) is 5.05. The Labute approximate surface area is 146 Å². The molecule has 1 aromatic carbocycles. The number of rotatable bonds is 4. The van der Waals surface area contributed by atoms with E-state index in [1.807, 2.05) is 0 Å². The number of nitrogens with zero attached hydrogens (tertiary/aromatic N) is 6. The SMILES string of the molecule is CC(=NNC(=O)c1nnn(-c2nonc2N)c1C)c1ccc(Cl)cc1. The quantitative estimate of drug-likeness (QED) is 0.529. The predicted octanol–water partition coefficient (Wildman–Crippen LogP) is 1.35. The summed E-state index contributed by atoms with van der Waals surface area (Å²) in [6, 6.07) is 7.08. The number of nitrogens with one attached hydrogen (secondary N) is 1. The van der Waals surface area contributed by atoms with E-state index in [-0.39, 0.29) is 17.3 Å². The molecule has 11 heteroatoms. The zero-order valence-electron chi connectivity index (χ0n) is 13.3. The van der Waals surface area contributed by atoms with Gasteiger partial charge in [-0.1, -0.05) is 28.9 Å². The number of benzene rings is 1. The fraction of sp³-hybridized carbons (Fsp3) is 0.143. The number of nitrogen functional groups attached to an aromatic ring is 1. The summed E-state index contributed by atoms with van der Waals surface area (Å²) in [4.78, 5) is 12.3. The van der Waals surface area contributed by atoms with Crippen LogP contribution in [0.15, 0.2) is 34.0 Å². The highest BCUT2D eigenvalue weighted by molar-refractivity contribution is 6.30. The number of aromatic nitrogens is 5. The highest BCUT2D eigenvalue weighted by atomic mass is 35.5. The number of nitrogens with two attached hydrogens (primary N) is 1. The van der Waals surface area contributed by atoms with Crippen LogP contribution in [-0.2, 0) is 0 Å². The van der Waals surface area contributed by atoms with Crippen molar-refractivity contribution in [3.05, 3.63) is 46.2 Å². The Hall–Kier alpha value is -3.27. The van der Waals surface area contributed by atoms with E-state index in [9.17, 15) is 4.79 Å².